The highest BCUT2D eigenvalue weighted by molar-refractivity contribution is 6.10. The van der Waals surface area contributed by atoms with Crippen molar-refractivity contribution in [2.24, 2.45) is 0 Å². The third kappa shape index (κ3) is 6.32. The molecule has 9 aromatic rings. The molecule has 2 heteroatoms. The zero-order valence-electron chi connectivity index (χ0n) is 31.1. The fraction of sp³-hybridized carbons (Fsp3) is 0.0370. The van der Waals surface area contributed by atoms with Crippen LogP contribution in [0.15, 0.2) is 218 Å². The number of rotatable bonds is 8. The van der Waals surface area contributed by atoms with Crippen LogP contribution in [0.3, 0.4) is 0 Å². The van der Waals surface area contributed by atoms with Crippen LogP contribution in [0.4, 0.5) is 17.1 Å². The van der Waals surface area contributed by atoms with Gasteiger partial charge in [-0.3, -0.25) is 0 Å². The largest absolute Gasteiger partial charge is 0.311 e. The van der Waals surface area contributed by atoms with Crippen molar-refractivity contribution >= 4 is 44.4 Å². The highest BCUT2D eigenvalue weighted by Crippen LogP contribution is 2.39. The van der Waals surface area contributed by atoms with E-state index in [-0.39, 0.29) is 0 Å². The van der Waals surface area contributed by atoms with Crippen LogP contribution >= 0.6 is 0 Å². The zero-order chi connectivity index (χ0) is 37.3. The summed E-state index contributed by atoms with van der Waals surface area (Å²) in [5.41, 5.74) is 16.7. The maximum absolute atomic E-state index is 2.37. The van der Waals surface area contributed by atoms with E-state index in [2.05, 4.69) is 228 Å². The molecule has 8 aromatic carbocycles. The Bertz CT molecular complexity index is 2840. The van der Waals surface area contributed by atoms with Gasteiger partial charge < -0.3 is 9.47 Å². The van der Waals surface area contributed by atoms with Crippen molar-refractivity contribution in [1.29, 1.82) is 0 Å². The molecule has 10 rings (SSSR count). The van der Waals surface area contributed by atoms with E-state index < -0.39 is 0 Å². The van der Waals surface area contributed by atoms with E-state index in [1.807, 2.05) is 0 Å². The van der Waals surface area contributed by atoms with E-state index in [0.29, 0.717) is 0 Å². The van der Waals surface area contributed by atoms with Gasteiger partial charge in [-0.2, -0.15) is 0 Å². The lowest BCUT2D eigenvalue weighted by atomic mass is 9.97. The number of anilines is 3. The van der Waals surface area contributed by atoms with Gasteiger partial charge >= 0.3 is 0 Å². The molecule has 0 saturated heterocycles. The second-order valence-electron chi connectivity index (χ2n) is 14.5. The quantitative estimate of drug-likeness (QED) is 0.152. The van der Waals surface area contributed by atoms with Gasteiger partial charge in [-0.05, 0) is 124 Å². The number of benzene rings is 8. The molecule has 0 atom stereocenters. The third-order valence-electron chi connectivity index (χ3n) is 11.1. The van der Waals surface area contributed by atoms with Gasteiger partial charge in [-0.1, -0.05) is 152 Å². The number of allylic oxidation sites excluding steroid dienone is 4. The number of para-hydroxylation sites is 2. The summed E-state index contributed by atoms with van der Waals surface area (Å²) < 4.78 is 2.37. The topological polar surface area (TPSA) is 8.17 Å². The Labute approximate surface area is 328 Å². The van der Waals surface area contributed by atoms with E-state index in [0.717, 1.165) is 29.9 Å². The standard InChI is InChI=1S/C54H40N2/c1-4-12-39(13-5-1)41-20-22-42(23-21-41)44-26-33-49(34-27-44)55(48-31-24-43(25-32-48)40-14-6-2-7-15-40)50-35-28-45(29-36-50)46-30-37-54-52(38-46)51-18-10-11-19-53(51)56(54)47-16-8-3-9-17-47/h2-4,6-38H,1,5H2. The first-order valence-corrected chi connectivity index (χ1v) is 19.5. The average molecular weight is 717 g/mol. The molecular formula is C54H40N2. The molecule has 1 aliphatic rings. The summed E-state index contributed by atoms with van der Waals surface area (Å²) in [4.78, 5) is 2.35. The number of hydrogen-bond donors (Lipinski definition) is 0. The Balaban J connectivity index is 0.999. The molecule has 0 unspecified atom stereocenters. The lowest BCUT2D eigenvalue weighted by Gasteiger charge is -2.26. The second-order valence-corrected chi connectivity index (χ2v) is 14.5. The van der Waals surface area contributed by atoms with Crippen LogP contribution in [0.2, 0.25) is 0 Å². The molecule has 1 aromatic heterocycles. The van der Waals surface area contributed by atoms with Gasteiger partial charge in [0, 0.05) is 33.5 Å². The third-order valence-corrected chi connectivity index (χ3v) is 11.1. The highest BCUT2D eigenvalue weighted by atomic mass is 15.1. The van der Waals surface area contributed by atoms with Crippen molar-refractivity contribution in [3.63, 3.8) is 0 Å². The second kappa shape index (κ2) is 14.6. The number of aromatic nitrogens is 1. The SMILES string of the molecule is C1=CC(c2ccc(-c3ccc(N(c4ccc(-c5ccccc5)cc4)c4ccc(-c5ccc6c(c5)c5ccccc5n6-c5ccccc5)cc4)cc3)cc2)=CCC1. The first-order valence-electron chi connectivity index (χ1n) is 19.5. The van der Waals surface area contributed by atoms with Gasteiger partial charge in [-0.25, -0.2) is 0 Å². The molecule has 0 saturated carbocycles. The molecule has 2 nitrogen and oxygen atoms in total. The fourth-order valence-corrected chi connectivity index (χ4v) is 8.18. The maximum Gasteiger partial charge on any atom is 0.0541 e. The minimum absolute atomic E-state index is 1.11. The average Bonchev–Trinajstić information content (AvgIpc) is 3.62. The van der Waals surface area contributed by atoms with Crippen molar-refractivity contribution < 1.29 is 0 Å². The Morgan fingerprint density at radius 2 is 0.821 bits per heavy atom. The normalized spacial score (nSPS) is 12.5. The molecule has 0 amide bonds. The molecular weight excluding hydrogens is 677 g/mol. The summed E-state index contributed by atoms with van der Waals surface area (Å²) in [7, 11) is 0. The van der Waals surface area contributed by atoms with Gasteiger partial charge in [0.15, 0.2) is 0 Å². The van der Waals surface area contributed by atoms with Crippen LogP contribution < -0.4 is 4.90 Å². The summed E-state index contributed by atoms with van der Waals surface area (Å²) in [6.45, 7) is 0. The predicted octanol–water partition coefficient (Wildman–Crippen LogP) is 15.0. The Kier molecular flexibility index (Phi) is 8.70. The zero-order valence-corrected chi connectivity index (χ0v) is 31.1. The smallest absolute Gasteiger partial charge is 0.0541 e. The summed E-state index contributed by atoms with van der Waals surface area (Å²) in [6, 6.07) is 72.6. The predicted molar refractivity (Wildman–Crippen MR) is 238 cm³/mol. The molecule has 0 N–H and O–H groups in total. The van der Waals surface area contributed by atoms with Gasteiger partial charge in [0.1, 0.15) is 0 Å². The minimum Gasteiger partial charge on any atom is -0.311 e. The van der Waals surface area contributed by atoms with E-state index in [1.54, 1.807) is 0 Å². The molecule has 1 heterocycles. The Morgan fingerprint density at radius 1 is 0.357 bits per heavy atom. The van der Waals surface area contributed by atoms with Crippen LogP contribution in [0.1, 0.15) is 18.4 Å². The first-order chi connectivity index (χ1) is 27.8. The number of fused-ring (bicyclic) bond motifs is 3. The Morgan fingerprint density at radius 3 is 1.41 bits per heavy atom. The molecule has 0 radical (unpaired) electrons. The maximum atomic E-state index is 2.37. The minimum atomic E-state index is 1.11. The van der Waals surface area contributed by atoms with E-state index >= 15 is 0 Å². The highest BCUT2D eigenvalue weighted by Gasteiger charge is 2.16. The van der Waals surface area contributed by atoms with E-state index in [4.69, 9.17) is 0 Å². The van der Waals surface area contributed by atoms with Crippen molar-refractivity contribution in [2.45, 2.75) is 12.8 Å². The summed E-state index contributed by atoms with van der Waals surface area (Å²) in [6.07, 6.45) is 9.08. The summed E-state index contributed by atoms with van der Waals surface area (Å²) in [5.74, 6) is 0. The molecule has 1 aliphatic carbocycles. The van der Waals surface area contributed by atoms with Crippen molar-refractivity contribution in [2.75, 3.05) is 4.90 Å². The van der Waals surface area contributed by atoms with Gasteiger partial charge in [0.25, 0.3) is 0 Å². The van der Waals surface area contributed by atoms with Crippen LogP contribution in [0.25, 0.3) is 66.4 Å². The van der Waals surface area contributed by atoms with Crippen molar-refractivity contribution in [1.82, 2.24) is 4.57 Å². The van der Waals surface area contributed by atoms with E-state index in [9.17, 15) is 0 Å². The molecule has 0 bridgehead atoms. The Hall–Kier alpha value is -7.16. The van der Waals surface area contributed by atoms with Gasteiger partial charge in [0.05, 0.1) is 11.0 Å². The van der Waals surface area contributed by atoms with Crippen LogP contribution in [-0.2, 0) is 0 Å². The lowest BCUT2D eigenvalue weighted by Crippen LogP contribution is -2.09. The van der Waals surface area contributed by atoms with Crippen molar-refractivity contribution in [3.8, 4) is 39.1 Å². The summed E-state index contributed by atoms with van der Waals surface area (Å²) in [5, 5.41) is 2.51. The number of nitrogens with zero attached hydrogens (tertiary/aromatic N) is 2. The summed E-state index contributed by atoms with van der Waals surface area (Å²) >= 11 is 0. The lowest BCUT2D eigenvalue weighted by molar-refractivity contribution is 1.04. The molecule has 0 fully saturated rings. The van der Waals surface area contributed by atoms with E-state index in [1.165, 1.54) is 72.0 Å². The first kappa shape index (κ1) is 33.4. The molecule has 266 valence electrons. The molecule has 0 aliphatic heterocycles. The monoisotopic (exact) mass is 716 g/mol. The van der Waals surface area contributed by atoms with Gasteiger partial charge in [0.2, 0.25) is 0 Å². The molecule has 0 spiro atoms. The molecule has 56 heavy (non-hydrogen) atoms. The van der Waals surface area contributed by atoms with Crippen molar-refractivity contribution in [3.05, 3.63) is 224 Å². The van der Waals surface area contributed by atoms with Gasteiger partial charge in [-0.15, -0.1) is 0 Å². The van der Waals surface area contributed by atoms with Crippen LogP contribution in [0, 0.1) is 0 Å². The number of hydrogen-bond acceptors (Lipinski definition) is 1. The van der Waals surface area contributed by atoms with Crippen LogP contribution in [-0.4, -0.2) is 4.57 Å². The fourth-order valence-electron chi connectivity index (χ4n) is 8.18. The van der Waals surface area contributed by atoms with Crippen LogP contribution in [0.5, 0.6) is 0 Å².